The van der Waals surface area contributed by atoms with E-state index in [9.17, 15) is 0 Å². The monoisotopic (exact) mass is 1940 g/mol. The summed E-state index contributed by atoms with van der Waals surface area (Å²) in [4.78, 5) is 0. The van der Waals surface area contributed by atoms with Crippen LogP contribution in [0, 0.1) is 144 Å². The van der Waals surface area contributed by atoms with Crippen molar-refractivity contribution in [3.63, 3.8) is 0 Å². The van der Waals surface area contributed by atoms with Gasteiger partial charge in [-0.1, -0.05) is 372 Å². The first-order valence-electron chi connectivity index (χ1n) is 45.5. The summed E-state index contributed by atoms with van der Waals surface area (Å²) >= 11 is 0. The minimum Gasteiger partial charge on any atom is -0.358 e. The van der Waals surface area contributed by atoms with Crippen LogP contribution in [0.5, 0.6) is 0 Å². The first-order chi connectivity index (χ1) is 53.2. The number of fused-ring (bicyclic) bond motifs is 6. The maximum Gasteiger partial charge on any atom is 4.00 e. The van der Waals surface area contributed by atoms with Crippen LogP contribution in [0.25, 0.3) is 44.5 Å². The Hall–Kier alpha value is -4.57. The third-order valence-corrected chi connectivity index (χ3v) is 41.9. The number of benzene rings is 6. The topological polar surface area (TPSA) is 0 Å². The van der Waals surface area contributed by atoms with Gasteiger partial charge in [0.25, 0.3) is 0 Å². The number of hydrogen-bond donors (Lipinski definition) is 0. The van der Waals surface area contributed by atoms with Gasteiger partial charge in [-0.15, -0.1) is 0 Å². The zero-order valence-corrected chi connectivity index (χ0v) is 90.9. The van der Waals surface area contributed by atoms with Crippen LogP contribution in [0.1, 0.15) is 284 Å². The average Bonchev–Trinajstić information content (AvgIpc) is 1.56. The molecule has 10 aliphatic rings. The first-order valence-corrected chi connectivity index (χ1v) is 51.8. The van der Waals surface area contributed by atoms with Crippen LogP contribution >= 0.6 is 0 Å². The van der Waals surface area contributed by atoms with E-state index in [2.05, 4.69) is 333 Å². The molecule has 0 bridgehead atoms. The Morgan fingerprint density at radius 1 is 0.363 bits per heavy atom. The molecule has 0 spiro atoms. The van der Waals surface area contributed by atoms with Crippen LogP contribution in [0.15, 0.2) is 204 Å². The van der Waals surface area contributed by atoms with Gasteiger partial charge in [0.15, 0.2) is 0 Å². The standard InChI is InChI=1S/2C55H72Si.2CH4.8CH3.Hf.Zr/c2*1-12-13-21-39-32-46-44(43-26-18-17-25-41(43)37-22-15-14-16-23-37)28-20-29-45(46)53(39)56(10,11)52-35(2)30-47-48(52)31-38-24-19-27-42(38)51(47)40-33-49(54(4,5)6)36(3)50(34-40)55(7,8)9;;;;;;;;;;;;/h2*14-18,20,22-23,25-26,28-29,31,33-35,39,45-48,52-53H,12-13,19,21,24,27,30,32H2,1-11H3;2*1H4;8*1H3;;/q;;;;8*-1;2*+4. The SMILES string of the molecule is C.C.CCCCC1CC2C(c3ccccc3-c3ccccc3)=CC=CC2C1[Si](C)(C)C1C(C)CC2C(c3cc(C(C)(C)C)c(C)c(C(C)(C)C)c3)=C3CCCC3=CC21.CCCCC1CC2C(c3ccccc3-c3ccccc3)=CC=CC2C1[Si](C)(C)C1C(C)CC2C(c3cc(C(C)(C)C)c(C)c(C(C)(C)C)c3)=C3CCCC3=CC21.[CH3-].[CH3-].[CH3-].[CH3-].[CH3-].[CH3-].[CH3-].[CH3-].[Hf+4].[Zr+4]. The van der Waals surface area contributed by atoms with Crippen LogP contribution in [-0.4, -0.2) is 16.1 Å². The smallest absolute Gasteiger partial charge is 0.358 e. The summed E-state index contributed by atoms with van der Waals surface area (Å²) in [6, 6.07) is 51.5. The summed E-state index contributed by atoms with van der Waals surface area (Å²) in [5.74, 6) is 8.24. The van der Waals surface area contributed by atoms with E-state index < -0.39 is 16.1 Å². The zero-order valence-electron chi connectivity index (χ0n) is 82.9. The summed E-state index contributed by atoms with van der Waals surface area (Å²) in [6.45, 7) is 55.7. The van der Waals surface area contributed by atoms with Crippen molar-refractivity contribution >= 4 is 38.4 Å². The predicted molar refractivity (Wildman–Crippen MR) is 558 cm³/mol. The zero-order chi connectivity index (χ0) is 79.5. The predicted octanol–water partition coefficient (Wildman–Crippen LogP) is 36.8. The van der Waals surface area contributed by atoms with Gasteiger partial charge in [0.05, 0.1) is 16.1 Å². The van der Waals surface area contributed by atoms with Crippen molar-refractivity contribution in [1.82, 2.24) is 0 Å². The van der Waals surface area contributed by atoms with E-state index in [4.69, 9.17) is 0 Å². The summed E-state index contributed by atoms with van der Waals surface area (Å²) in [5.41, 5.74) is 38.1. The fourth-order valence-corrected chi connectivity index (χ4v) is 40.0. The van der Waals surface area contributed by atoms with Gasteiger partial charge in [-0.3, -0.25) is 0 Å². The summed E-state index contributed by atoms with van der Waals surface area (Å²) in [6.07, 6.45) is 42.5. The minimum atomic E-state index is -1.85. The molecule has 124 heavy (non-hydrogen) atoms. The van der Waals surface area contributed by atoms with E-state index in [0.717, 1.165) is 45.8 Å². The molecule has 672 valence electrons. The van der Waals surface area contributed by atoms with Crippen molar-refractivity contribution in [2.75, 3.05) is 0 Å². The second-order valence-corrected chi connectivity index (χ2v) is 53.2. The number of allylic oxidation sites excluding steroid dienone is 16. The number of rotatable bonds is 16. The Kier molecular flexibility index (Phi) is 40.8. The molecule has 0 aromatic heterocycles. The number of unbranched alkanes of at least 4 members (excludes halogenated alkanes) is 2. The molecule has 0 amide bonds. The van der Waals surface area contributed by atoms with Gasteiger partial charge in [-0.2, -0.15) is 0 Å². The van der Waals surface area contributed by atoms with E-state index >= 15 is 0 Å². The Balaban J connectivity index is 0.000000584. The molecule has 4 heteroatoms. The minimum absolute atomic E-state index is 0. The van der Waals surface area contributed by atoms with Gasteiger partial charge in [-0.05, 0) is 315 Å². The normalized spacial score (nSPS) is 26.1. The van der Waals surface area contributed by atoms with Crippen molar-refractivity contribution in [3.8, 4) is 22.3 Å². The van der Waals surface area contributed by atoms with Crippen LogP contribution in [0.4, 0.5) is 0 Å². The molecule has 6 fully saturated rings. The van der Waals surface area contributed by atoms with E-state index in [1.807, 2.05) is 0 Å². The maximum absolute atomic E-state index is 2.91. The van der Waals surface area contributed by atoms with Crippen molar-refractivity contribution in [2.24, 2.45) is 71.0 Å². The van der Waals surface area contributed by atoms with Crippen LogP contribution in [-0.2, 0) is 73.7 Å². The molecule has 0 N–H and O–H groups in total. The van der Waals surface area contributed by atoms with Gasteiger partial charge in [0.2, 0.25) is 0 Å². The maximum atomic E-state index is 2.91. The summed E-state index contributed by atoms with van der Waals surface area (Å²) < 4.78 is 0. The van der Waals surface area contributed by atoms with E-state index in [1.54, 1.807) is 78.0 Å². The molecule has 0 aliphatic heterocycles. The van der Waals surface area contributed by atoms with Crippen molar-refractivity contribution in [2.45, 2.75) is 312 Å². The van der Waals surface area contributed by atoms with E-state index in [0.29, 0.717) is 47.3 Å². The molecular formula is C120H176HfSi2Zr. The van der Waals surface area contributed by atoms with Gasteiger partial charge in [-0.25, -0.2) is 0 Å². The quantitative estimate of drug-likeness (QED) is 0.0669. The molecule has 16 rings (SSSR count). The van der Waals surface area contributed by atoms with Crippen molar-refractivity contribution in [3.05, 3.63) is 319 Å². The molecule has 0 radical (unpaired) electrons. The van der Waals surface area contributed by atoms with Crippen LogP contribution in [0.3, 0.4) is 0 Å². The molecule has 6 aromatic carbocycles. The number of hydrogen-bond acceptors (Lipinski definition) is 0. The van der Waals surface area contributed by atoms with Crippen LogP contribution in [0.2, 0.25) is 48.4 Å². The van der Waals surface area contributed by atoms with Crippen molar-refractivity contribution < 1.29 is 52.0 Å². The second kappa shape index (κ2) is 44.6. The molecule has 6 saturated carbocycles. The largest absolute Gasteiger partial charge is 4.00 e. The molecule has 0 heterocycles. The molecular weight excluding hydrogens is 1770 g/mol. The van der Waals surface area contributed by atoms with Gasteiger partial charge in [0, 0.05) is 0 Å². The molecule has 16 unspecified atom stereocenters. The average molecular weight is 1940 g/mol. The van der Waals surface area contributed by atoms with Gasteiger partial charge < -0.3 is 59.4 Å². The third kappa shape index (κ3) is 21.3. The van der Waals surface area contributed by atoms with Crippen molar-refractivity contribution in [1.29, 1.82) is 0 Å². The molecule has 0 nitrogen and oxygen atoms in total. The fraction of sp³-hybridized carbons (Fsp3) is 0.500. The third-order valence-electron chi connectivity index (χ3n) is 31.4. The molecule has 10 aliphatic carbocycles. The Labute approximate surface area is 808 Å². The Morgan fingerprint density at radius 3 is 0.960 bits per heavy atom. The van der Waals surface area contributed by atoms with Crippen LogP contribution < -0.4 is 0 Å². The molecule has 16 atom stereocenters. The molecule has 6 aromatic rings. The van der Waals surface area contributed by atoms with Gasteiger partial charge >= 0.3 is 52.0 Å². The van der Waals surface area contributed by atoms with E-state index in [1.165, 1.54) is 147 Å². The Morgan fingerprint density at radius 2 is 0.661 bits per heavy atom. The molecule has 0 saturated heterocycles. The second-order valence-electron chi connectivity index (χ2n) is 43.3. The Bertz CT molecular complexity index is 4380. The summed E-state index contributed by atoms with van der Waals surface area (Å²) in [5, 5.41) is 0. The fourth-order valence-electron chi connectivity index (χ4n) is 27.6. The van der Waals surface area contributed by atoms with E-state index in [-0.39, 0.29) is 148 Å². The summed E-state index contributed by atoms with van der Waals surface area (Å²) in [7, 11) is -3.70. The van der Waals surface area contributed by atoms with Gasteiger partial charge in [0.1, 0.15) is 0 Å². The first kappa shape index (κ1) is 114.